The van der Waals surface area contributed by atoms with E-state index < -0.39 is 5.97 Å². The summed E-state index contributed by atoms with van der Waals surface area (Å²) in [5.74, 6) is 0.503. The fraction of sp³-hybridized carbons (Fsp3) is 0.750. The van der Waals surface area contributed by atoms with Gasteiger partial charge in [0.05, 0.1) is 5.75 Å². The van der Waals surface area contributed by atoms with Crippen LogP contribution in [0.4, 0.5) is 0 Å². The molecule has 0 atom stereocenters. The van der Waals surface area contributed by atoms with Crippen LogP contribution in [0, 0.1) is 0 Å². The molecule has 0 bridgehead atoms. The summed E-state index contributed by atoms with van der Waals surface area (Å²) >= 11 is 1.23. The highest BCUT2D eigenvalue weighted by Gasteiger charge is 2.25. The number of carbonyl (C=O) groups is 1. The number of rotatable bonds is 5. The Kier molecular flexibility index (Phi) is 4.81. The van der Waals surface area contributed by atoms with E-state index >= 15 is 0 Å². The van der Waals surface area contributed by atoms with Crippen molar-refractivity contribution in [2.75, 3.05) is 19.0 Å². The Morgan fingerprint density at radius 2 is 2.16 bits per heavy atom. The number of hydrogen-bond acceptors (Lipinski definition) is 5. The number of carboxylic acids is 1. The maximum Gasteiger partial charge on any atom is 0.313 e. The van der Waals surface area contributed by atoms with Crippen LogP contribution in [0.15, 0.2) is 5.16 Å². The van der Waals surface area contributed by atoms with Crippen molar-refractivity contribution in [3.05, 3.63) is 5.82 Å². The standard InChI is InChI=1S/C12H19N3O3S/c1-8(2)15-11(9-3-5-18-6-4-9)13-14-12(15)19-7-10(16)17/h8-9H,3-7H2,1-2H3,(H,16,17). The summed E-state index contributed by atoms with van der Waals surface area (Å²) in [6.45, 7) is 5.65. The molecule has 0 saturated carbocycles. The maximum atomic E-state index is 10.7. The van der Waals surface area contributed by atoms with Crippen molar-refractivity contribution in [1.29, 1.82) is 0 Å². The first-order valence-electron chi connectivity index (χ1n) is 6.46. The van der Waals surface area contributed by atoms with Gasteiger partial charge in [-0.2, -0.15) is 0 Å². The van der Waals surface area contributed by atoms with Crippen molar-refractivity contribution >= 4 is 17.7 Å². The molecule has 1 fully saturated rings. The number of thioether (sulfide) groups is 1. The van der Waals surface area contributed by atoms with E-state index in [4.69, 9.17) is 9.84 Å². The van der Waals surface area contributed by atoms with Crippen LogP contribution in [-0.2, 0) is 9.53 Å². The van der Waals surface area contributed by atoms with E-state index in [2.05, 4.69) is 28.6 Å². The summed E-state index contributed by atoms with van der Waals surface area (Å²) in [5, 5.41) is 17.9. The third kappa shape index (κ3) is 3.48. The van der Waals surface area contributed by atoms with Crippen molar-refractivity contribution in [2.24, 2.45) is 0 Å². The highest BCUT2D eigenvalue weighted by Crippen LogP contribution is 2.30. The molecule has 1 aromatic heterocycles. The maximum absolute atomic E-state index is 10.7. The van der Waals surface area contributed by atoms with Crippen LogP contribution >= 0.6 is 11.8 Å². The molecule has 2 rings (SSSR count). The van der Waals surface area contributed by atoms with E-state index in [0.717, 1.165) is 31.9 Å². The molecule has 106 valence electrons. The topological polar surface area (TPSA) is 77.2 Å². The van der Waals surface area contributed by atoms with Gasteiger partial charge in [0.15, 0.2) is 5.16 Å². The van der Waals surface area contributed by atoms with Crippen LogP contribution in [0.2, 0.25) is 0 Å². The average molecular weight is 285 g/mol. The van der Waals surface area contributed by atoms with Gasteiger partial charge < -0.3 is 14.4 Å². The molecule has 0 aliphatic carbocycles. The number of hydrogen-bond donors (Lipinski definition) is 1. The zero-order valence-corrected chi connectivity index (χ0v) is 12.0. The molecule has 19 heavy (non-hydrogen) atoms. The number of aliphatic carboxylic acids is 1. The molecule has 0 unspecified atom stereocenters. The number of aromatic nitrogens is 3. The lowest BCUT2D eigenvalue weighted by Crippen LogP contribution is -2.19. The summed E-state index contributed by atoms with van der Waals surface area (Å²) < 4.78 is 7.43. The van der Waals surface area contributed by atoms with Crippen molar-refractivity contribution in [3.8, 4) is 0 Å². The monoisotopic (exact) mass is 285 g/mol. The van der Waals surface area contributed by atoms with E-state index in [1.54, 1.807) is 0 Å². The molecule has 1 saturated heterocycles. The summed E-state index contributed by atoms with van der Waals surface area (Å²) in [5.41, 5.74) is 0. The van der Waals surface area contributed by atoms with E-state index in [-0.39, 0.29) is 11.8 Å². The van der Waals surface area contributed by atoms with E-state index in [1.807, 2.05) is 0 Å². The van der Waals surface area contributed by atoms with Gasteiger partial charge in [-0.15, -0.1) is 10.2 Å². The van der Waals surface area contributed by atoms with Gasteiger partial charge in [-0.25, -0.2) is 0 Å². The fourth-order valence-corrected chi connectivity index (χ4v) is 3.03. The molecular weight excluding hydrogens is 266 g/mol. The second-order valence-corrected chi connectivity index (χ2v) is 5.82. The molecule has 1 aromatic rings. The fourth-order valence-electron chi connectivity index (χ4n) is 2.23. The molecular formula is C12H19N3O3S. The lowest BCUT2D eigenvalue weighted by atomic mass is 9.99. The highest BCUT2D eigenvalue weighted by molar-refractivity contribution is 7.99. The zero-order chi connectivity index (χ0) is 13.8. The molecule has 0 radical (unpaired) electrons. The molecule has 0 aromatic carbocycles. The summed E-state index contributed by atoms with van der Waals surface area (Å²) in [7, 11) is 0. The smallest absolute Gasteiger partial charge is 0.313 e. The van der Waals surface area contributed by atoms with Gasteiger partial charge in [0, 0.05) is 25.2 Å². The second kappa shape index (κ2) is 6.38. The van der Waals surface area contributed by atoms with Crippen molar-refractivity contribution in [2.45, 2.75) is 43.8 Å². The van der Waals surface area contributed by atoms with Crippen LogP contribution in [0.25, 0.3) is 0 Å². The third-order valence-corrected chi connectivity index (χ3v) is 4.05. The lowest BCUT2D eigenvalue weighted by Gasteiger charge is -2.23. The summed E-state index contributed by atoms with van der Waals surface area (Å²) in [6, 6.07) is 0.226. The average Bonchev–Trinajstić information content (AvgIpc) is 2.81. The van der Waals surface area contributed by atoms with Crippen LogP contribution in [-0.4, -0.2) is 44.8 Å². The number of ether oxygens (including phenoxy) is 1. The van der Waals surface area contributed by atoms with Gasteiger partial charge in [0.1, 0.15) is 5.82 Å². The lowest BCUT2D eigenvalue weighted by molar-refractivity contribution is -0.133. The molecule has 0 amide bonds. The van der Waals surface area contributed by atoms with E-state index in [1.165, 1.54) is 11.8 Å². The van der Waals surface area contributed by atoms with Crippen molar-refractivity contribution < 1.29 is 14.6 Å². The minimum absolute atomic E-state index is 0.0125. The molecule has 1 aliphatic rings. The summed E-state index contributed by atoms with van der Waals surface area (Å²) in [6.07, 6.45) is 1.91. The first kappa shape index (κ1) is 14.3. The molecule has 1 N–H and O–H groups in total. The van der Waals surface area contributed by atoms with Crippen LogP contribution in [0.3, 0.4) is 0 Å². The molecule has 7 heteroatoms. The van der Waals surface area contributed by atoms with Crippen molar-refractivity contribution in [1.82, 2.24) is 14.8 Å². The van der Waals surface area contributed by atoms with Gasteiger partial charge in [0.25, 0.3) is 0 Å². The van der Waals surface area contributed by atoms with Crippen LogP contribution < -0.4 is 0 Å². The number of carboxylic acid groups (broad SMARTS) is 1. The van der Waals surface area contributed by atoms with Gasteiger partial charge in [-0.3, -0.25) is 4.79 Å². The van der Waals surface area contributed by atoms with Gasteiger partial charge in [-0.1, -0.05) is 11.8 Å². The minimum atomic E-state index is -0.837. The Balaban J connectivity index is 2.20. The third-order valence-electron chi connectivity index (χ3n) is 3.12. The Labute approximate surface area is 116 Å². The van der Waals surface area contributed by atoms with Crippen LogP contribution in [0.1, 0.15) is 44.5 Å². The predicted molar refractivity (Wildman–Crippen MR) is 71.6 cm³/mol. The first-order chi connectivity index (χ1) is 9.09. The van der Waals surface area contributed by atoms with Gasteiger partial charge in [-0.05, 0) is 26.7 Å². The molecule has 0 spiro atoms. The quantitative estimate of drug-likeness (QED) is 0.833. The van der Waals surface area contributed by atoms with Crippen LogP contribution in [0.5, 0.6) is 0 Å². The summed E-state index contributed by atoms with van der Waals surface area (Å²) in [4.78, 5) is 10.7. The molecule has 2 heterocycles. The Morgan fingerprint density at radius 1 is 1.47 bits per heavy atom. The predicted octanol–water partition coefficient (Wildman–Crippen LogP) is 1.93. The zero-order valence-electron chi connectivity index (χ0n) is 11.2. The number of nitrogens with zero attached hydrogens (tertiary/aromatic N) is 3. The van der Waals surface area contributed by atoms with Gasteiger partial charge >= 0.3 is 5.97 Å². The second-order valence-electron chi connectivity index (χ2n) is 4.87. The van der Waals surface area contributed by atoms with E-state index in [9.17, 15) is 4.79 Å². The Morgan fingerprint density at radius 3 is 2.74 bits per heavy atom. The molecule has 6 nitrogen and oxygen atoms in total. The Bertz CT molecular complexity index is 441. The Hall–Kier alpha value is -1.08. The first-order valence-corrected chi connectivity index (χ1v) is 7.45. The van der Waals surface area contributed by atoms with Gasteiger partial charge in [0.2, 0.25) is 0 Å². The normalized spacial score (nSPS) is 17.0. The molecule has 1 aliphatic heterocycles. The van der Waals surface area contributed by atoms with E-state index in [0.29, 0.717) is 11.1 Å². The largest absolute Gasteiger partial charge is 0.481 e. The van der Waals surface area contributed by atoms with Crippen molar-refractivity contribution in [3.63, 3.8) is 0 Å². The highest BCUT2D eigenvalue weighted by atomic mass is 32.2. The SMILES string of the molecule is CC(C)n1c(SCC(=O)O)nnc1C1CCOCC1. The minimum Gasteiger partial charge on any atom is -0.481 e.